The molecule has 0 fully saturated rings. The second-order valence-electron chi connectivity index (χ2n) is 18.9. The van der Waals surface area contributed by atoms with E-state index in [1.165, 1.54) is 5.56 Å². The first-order valence-corrected chi connectivity index (χ1v) is 22.5. The number of fused-ring (bicyclic) bond motifs is 1. The van der Waals surface area contributed by atoms with Gasteiger partial charge in [0, 0.05) is 29.8 Å². The maximum Gasteiger partial charge on any atom is 0.149 e. The summed E-state index contributed by atoms with van der Waals surface area (Å²) in [6.45, 7) is 16.9. The molecular weight excluding hydrogens is 779 g/mol. The number of hydrogen-bond acceptors (Lipinski definition) is 3. The van der Waals surface area contributed by atoms with E-state index >= 15 is 0 Å². The summed E-state index contributed by atoms with van der Waals surface area (Å²) in [7, 11) is 0. The first-order chi connectivity index (χ1) is 31.1. The Balaban J connectivity index is 1.30. The molecule has 0 bridgehead atoms. The topological polar surface area (TPSA) is 50.9 Å². The Bertz CT molecular complexity index is 3170. The predicted octanol–water partition coefficient (Wildman–Crippen LogP) is 16.1. The maximum atomic E-state index is 12.3. The minimum Gasteiger partial charge on any atom is -0.507 e. The van der Waals surface area contributed by atoms with Crippen LogP contribution in [0.2, 0.25) is 0 Å². The van der Waals surface area contributed by atoms with Crippen LogP contribution in [-0.2, 0) is 11.8 Å². The number of aryl methyl sites for hydroxylation is 1. The van der Waals surface area contributed by atoms with Crippen molar-refractivity contribution >= 4 is 11.0 Å². The molecule has 2 aromatic heterocycles. The van der Waals surface area contributed by atoms with Gasteiger partial charge in [0.15, 0.2) is 0 Å². The molecule has 0 radical (unpaired) electrons. The molecular formula is C60H57N3O. The van der Waals surface area contributed by atoms with Gasteiger partial charge < -0.3 is 5.11 Å². The van der Waals surface area contributed by atoms with Gasteiger partial charge in [0.25, 0.3) is 0 Å². The van der Waals surface area contributed by atoms with E-state index in [-0.39, 0.29) is 11.2 Å². The summed E-state index contributed by atoms with van der Waals surface area (Å²) in [6, 6.07) is 57.8. The van der Waals surface area contributed by atoms with Crippen molar-refractivity contribution in [3.8, 4) is 78.6 Å². The van der Waals surface area contributed by atoms with Crippen LogP contribution in [0, 0.1) is 12.8 Å². The summed E-state index contributed by atoms with van der Waals surface area (Å²) in [5.41, 5.74) is 17.7. The molecule has 9 rings (SSSR count). The summed E-state index contributed by atoms with van der Waals surface area (Å²) >= 11 is 0. The number of hydrogen-bond donors (Lipinski definition) is 1. The Hall–Kier alpha value is -7.04. The van der Waals surface area contributed by atoms with Gasteiger partial charge in [-0.25, -0.2) is 4.98 Å². The SMILES string of the molecule is [2H]C(C)(C)c1ccc(-c2ccnc(-c3cc(-c4ccccc4)cc(-c4cccc5c4nc(-c4cc(C)cc(C(C)(C)C)c4O)n5-c4ccc(CC(C)C)cc4-c4ccccc4)c3)c2)cc1. The van der Waals surface area contributed by atoms with Gasteiger partial charge in [0.1, 0.15) is 11.6 Å². The van der Waals surface area contributed by atoms with Crippen LogP contribution in [0.25, 0.3) is 83.9 Å². The second kappa shape index (κ2) is 17.3. The number of nitrogens with zero attached hydrogens (tertiary/aromatic N) is 3. The molecule has 64 heavy (non-hydrogen) atoms. The maximum absolute atomic E-state index is 12.3. The normalized spacial score (nSPS) is 12.2. The van der Waals surface area contributed by atoms with Crippen molar-refractivity contribution in [1.29, 1.82) is 0 Å². The highest BCUT2D eigenvalue weighted by Gasteiger charge is 2.27. The molecule has 7 aromatic carbocycles. The Morgan fingerprint density at radius 2 is 1.27 bits per heavy atom. The predicted molar refractivity (Wildman–Crippen MR) is 269 cm³/mol. The van der Waals surface area contributed by atoms with Crippen molar-refractivity contribution in [3.63, 3.8) is 0 Å². The first-order valence-electron chi connectivity index (χ1n) is 23.0. The summed E-state index contributed by atoms with van der Waals surface area (Å²) in [6.07, 6.45) is 2.84. The fourth-order valence-electron chi connectivity index (χ4n) is 9.00. The zero-order valence-electron chi connectivity index (χ0n) is 39.2. The van der Waals surface area contributed by atoms with E-state index in [1.54, 1.807) is 0 Å². The zero-order chi connectivity index (χ0) is 45.6. The van der Waals surface area contributed by atoms with Crippen LogP contribution in [0.15, 0.2) is 170 Å². The van der Waals surface area contributed by atoms with Crippen LogP contribution < -0.4 is 0 Å². The molecule has 0 aliphatic rings. The van der Waals surface area contributed by atoms with Gasteiger partial charge >= 0.3 is 0 Å². The molecule has 0 amide bonds. The smallest absolute Gasteiger partial charge is 0.149 e. The van der Waals surface area contributed by atoms with E-state index in [0.29, 0.717) is 17.3 Å². The van der Waals surface area contributed by atoms with Crippen molar-refractivity contribution in [2.75, 3.05) is 0 Å². The molecule has 0 aliphatic heterocycles. The van der Waals surface area contributed by atoms with Gasteiger partial charge in [-0.1, -0.05) is 158 Å². The average molecular weight is 837 g/mol. The zero-order valence-corrected chi connectivity index (χ0v) is 38.2. The fraction of sp³-hybridized carbons (Fsp3) is 0.200. The minimum atomic E-state index is -0.673. The molecule has 4 heteroatoms. The molecule has 0 spiro atoms. The summed E-state index contributed by atoms with van der Waals surface area (Å²) in [5.74, 6) is 0.755. The van der Waals surface area contributed by atoms with Crippen molar-refractivity contribution in [3.05, 3.63) is 192 Å². The number of phenols is 1. The summed E-state index contributed by atoms with van der Waals surface area (Å²) in [4.78, 5) is 10.6. The molecule has 1 N–H and O–H groups in total. The van der Waals surface area contributed by atoms with Crippen LogP contribution in [0.5, 0.6) is 5.75 Å². The third-order valence-electron chi connectivity index (χ3n) is 12.2. The highest BCUT2D eigenvalue weighted by Crippen LogP contribution is 2.45. The molecule has 0 atom stereocenters. The number of rotatable bonds is 10. The lowest BCUT2D eigenvalue weighted by Gasteiger charge is -2.23. The molecule has 0 unspecified atom stereocenters. The number of phenolic OH excluding ortho intramolecular Hbond substituents is 1. The van der Waals surface area contributed by atoms with Crippen molar-refractivity contribution in [2.24, 2.45) is 5.92 Å². The quantitative estimate of drug-likeness (QED) is 0.149. The second-order valence-corrected chi connectivity index (χ2v) is 18.9. The average Bonchev–Trinajstić information content (AvgIpc) is 3.69. The first kappa shape index (κ1) is 41.0. The van der Waals surface area contributed by atoms with E-state index in [0.717, 1.165) is 95.6 Å². The highest BCUT2D eigenvalue weighted by atomic mass is 16.3. The molecule has 9 aromatic rings. The third kappa shape index (κ3) is 8.41. The number of benzene rings is 7. The summed E-state index contributed by atoms with van der Waals surface area (Å²) in [5, 5.41) is 12.3. The standard InChI is InChI=1S/C60H57N3O/c1-38(2)30-41-22-27-55(51(33-41)45-18-13-10-14-19-45)63-56-21-15-20-50(57(56)62-59(63)52-31-40(5)32-53(58(52)64)60(6,7)8)48-34-47(43-16-11-9-12-17-43)35-49(36-48)54-37-46(28-29-61-54)44-25-23-42(24-26-44)39(3)4/h9-29,31-39,64H,30H2,1-8H3/i39D. The van der Waals surface area contributed by atoms with Crippen LogP contribution in [-0.4, -0.2) is 19.6 Å². The van der Waals surface area contributed by atoms with E-state index in [4.69, 9.17) is 11.3 Å². The number of imidazole rings is 1. The van der Waals surface area contributed by atoms with Crippen LogP contribution in [0.3, 0.4) is 0 Å². The van der Waals surface area contributed by atoms with Gasteiger partial charge in [-0.3, -0.25) is 9.55 Å². The van der Waals surface area contributed by atoms with E-state index in [9.17, 15) is 5.11 Å². The van der Waals surface area contributed by atoms with E-state index < -0.39 is 5.89 Å². The van der Waals surface area contributed by atoms with Crippen LogP contribution in [0.4, 0.5) is 0 Å². The highest BCUT2D eigenvalue weighted by molar-refractivity contribution is 5.98. The third-order valence-corrected chi connectivity index (χ3v) is 12.2. The number of para-hydroxylation sites is 1. The number of pyridine rings is 1. The monoisotopic (exact) mass is 836 g/mol. The van der Waals surface area contributed by atoms with Crippen LogP contribution >= 0.6 is 0 Å². The molecule has 0 saturated carbocycles. The van der Waals surface area contributed by atoms with Gasteiger partial charge in [-0.2, -0.15) is 0 Å². The number of aromatic hydroxyl groups is 1. The lowest BCUT2D eigenvalue weighted by Crippen LogP contribution is -2.12. The van der Waals surface area contributed by atoms with Gasteiger partial charge in [0.05, 0.1) is 28.0 Å². The van der Waals surface area contributed by atoms with Gasteiger partial charge in [-0.05, 0) is 135 Å². The Morgan fingerprint density at radius 1 is 0.594 bits per heavy atom. The Morgan fingerprint density at radius 3 is 1.95 bits per heavy atom. The Kier molecular flexibility index (Phi) is 11.1. The van der Waals surface area contributed by atoms with Gasteiger partial charge in [0.2, 0.25) is 0 Å². The molecule has 0 saturated heterocycles. The molecule has 4 nitrogen and oxygen atoms in total. The van der Waals surface area contributed by atoms with Crippen LogP contribution in [0.1, 0.15) is 78.0 Å². The van der Waals surface area contributed by atoms with Gasteiger partial charge in [-0.15, -0.1) is 0 Å². The minimum absolute atomic E-state index is 0.247. The van der Waals surface area contributed by atoms with Crippen molar-refractivity contribution in [1.82, 2.24) is 14.5 Å². The number of aromatic nitrogens is 3. The molecule has 2 heterocycles. The fourth-order valence-corrected chi connectivity index (χ4v) is 9.00. The molecule has 0 aliphatic carbocycles. The lowest BCUT2D eigenvalue weighted by atomic mass is 9.84. The van der Waals surface area contributed by atoms with E-state index in [1.807, 2.05) is 44.3 Å². The largest absolute Gasteiger partial charge is 0.507 e. The van der Waals surface area contributed by atoms with E-state index in [2.05, 4.69) is 186 Å². The lowest BCUT2D eigenvalue weighted by molar-refractivity contribution is 0.448. The Labute approximate surface area is 380 Å². The summed E-state index contributed by atoms with van der Waals surface area (Å²) < 4.78 is 10.8. The van der Waals surface area contributed by atoms with Crippen molar-refractivity contribution in [2.45, 2.75) is 73.1 Å². The molecule has 318 valence electrons. The van der Waals surface area contributed by atoms with Crippen molar-refractivity contribution < 1.29 is 6.48 Å².